The number of nitrogens with zero attached hydrogens (tertiary/aromatic N) is 3. The van der Waals surface area contributed by atoms with Gasteiger partial charge in [-0.15, -0.1) is 24.0 Å². The molecule has 0 radical (unpaired) electrons. The quantitative estimate of drug-likeness (QED) is 0.181. The average molecular weight is 567 g/mol. The Morgan fingerprint density at radius 1 is 1.22 bits per heavy atom. The van der Waals surface area contributed by atoms with Gasteiger partial charge < -0.3 is 20.3 Å². The van der Waals surface area contributed by atoms with Crippen LogP contribution >= 0.6 is 24.0 Å². The number of halogens is 5. The topological polar surface area (TPSA) is 61.8 Å². The summed E-state index contributed by atoms with van der Waals surface area (Å²) in [5, 5.41) is 6.35. The number of alkyl halides is 3. The fourth-order valence-corrected chi connectivity index (χ4v) is 3.38. The van der Waals surface area contributed by atoms with E-state index >= 15 is 0 Å². The molecular formula is C21H26F4IN5O. The number of ether oxygens (including phenoxy) is 1. The third kappa shape index (κ3) is 7.38. The highest BCUT2D eigenvalue weighted by atomic mass is 127. The minimum atomic E-state index is -4.52. The van der Waals surface area contributed by atoms with Crippen molar-refractivity contribution in [1.29, 1.82) is 0 Å². The Bertz CT molecular complexity index is 888. The van der Waals surface area contributed by atoms with Gasteiger partial charge in [0.25, 0.3) is 0 Å². The van der Waals surface area contributed by atoms with Gasteiger partial charge in [-0.1, -0.05) is 6.07 Å². The Balaban J connectivity index is 0.00000363. The molecule has 2 heterocycles. The highest BCUT2D eigenvalue weighted by Crippen LogP contribution is 2.34. The molecule has 6 nitrogen and oxygen atoms in total. The molecule has 1 aromatic carbocycles. The second-order valence-electron chi connectivity index (χ2n) is 7.09. The van der Waals surface area contributed by atoms with Crippen LogP contribution in [0.4, 0.5) is 23.2 Å². The highest BCUT2D eigenvalue weighted by molar-refractivity contribution is 14.0. The Morgan fingerprint density at radius 3 is 2.62 bits per heavy atom. The van der Waals surface area contributed by atoms with E-state index in [2.05, 4.69) is 25.5 Å². The molecule has 0 amide bonds. The van der Waals surface area contributed by atoms with E-state index in [0.717, 1.165) is 37.7 Å². The van der Waals surface area contributed by atoms with Crippen LogP contribution in [0.3, 0.4) is 0 Å². The molecular weight excluding hydrogens is 541 g/mol. The van der Waals surface area contributed by atoms with Gasteiger partial charge in [0.15, 0.2) is 5.96 Å². The SMILES string of the molecule is CN=C(NCCOc1ncccc1C(F)(F)F)NC1CCN(c2cccc(F)c2)CC1.I. The number of aromatic nitrogens is 1. The summed E-state index contributed by atoms with van der Waals surface area (Å²) >= 11 is 0. The normalized spacial score (nSPS) is 15.2. The van der Waals surface area contributed by atoms with Gasteiger partial charge in [-0.05, 0) is 43.2 Å². The van der Waals surface area contributed by atoms with Crippen LogP contribution in [0.25, 0.3) is 0 Å². The van der Waals surface area contributed by atoms with Crippen molar-refractivity contribution in [3.8, 4) is 5.88 Å². The zero-order valence-electron chi connectivity index (χ0n) is 17.5. The molecule has 3 rings (SSSR count). The number of rotatable bonds is 6. The molecule has 1 aliphatic rings. The van der Waals surface area contributed by atoms with Crippen LogP contribution in [-0.4, -0.2) is 50.3 Å². The van der Waals surface area contributed by atoms with Gasteiger partial charge in [0.2, 0.25) is 5.88 Å². The van der Waals surface area contributed by atoms with Crippen LogP contribution < -0.4 is 20.3 Å². The molecule has 1 saturated heterocycles. The van der Waals surface area contributed by atoms with E-state index in [4.69, 9.17) is 4.74 Å². The average Bonchev–Trinajstić information content (AvgIpc) is 2.76. The molecule has 0 spiro atoms. The van der Waals surface area contributed by atoms with Crippen molar-refractivity contribution in [3.05, 3.63) is 54.0 Å². The Labute approximate surface area is 201 Å². The van der Waals surface area contributed by atoms with Gasteiger partial charge in [0, 0.05) is 38.1 Å². The number of aliphatic imine (C=N–C) groups is 1. The molecule has 0 saturated carbocycles. The zero-order valence-corrected chi connectivity index (χ0v) is 19.9. The Morgan fingerprint density at radius 2 is 1.97 bits per heavy atom. The third-order valence-corrected chi connectivity index (χ3v) is 4.94. The molecule has 0 unspecified atom stereocenters. The first-order valence-electron chi connectivity index (χ1n) is 9.99. The summed E-state index contributed by atoms with van der Waals surface area (Å²) in [5.41, 5.74) is -0.0339. The first kappa shape index (κ1) is 25.9. The van der Waals surface area contributed by atoms with Crippen molar-refractivity contribution in [2.75, 3.05) is 38.2 Å². The van der Waals surface area contributed by atoms with E-state index in [0.29, 0.717) is 5.96 Å². The number of hydrogen-bond acceptors (Lipinski definition) is 4. The van der Waals surface area contributed by atoms with Gasteiger partial charge in [-0.2, -0.15) is 13.2 Å². The maximum atomic E-state index is 13.4. The van der Waals surface area contributed by atoms with E-state index in [1.54, 1.807) is 13.1 Å². The van der Waals surface area contributed by atoms with Gasteiger partial charge in [0.1, 0.15) is 18.0 Å². The molecule has 2 N–H and O–H groups in total. The van der Waals surface area contributed by atoms with Crippen molar-refractivity contribution < 1.29 is 22.3 Å². The van der Waals surface area contributed by atoms with Crippen molar-refractivity contribution in [2.45, 2.75) is 25.1 Å². The number of benzene rings is 1. The largest absolute Gasteiger partial charge is 0.475 e. The summed E-state index contributed by atoms with van der Waals surface area (Å²) in [7, 11) is 1.62. The molecule has 0 bridgehead atoms. The number of hydrogen-bond donors (Lipinski definition) is 2. The van der Waals surface area contributed by atoms with Gasteiger partial charge in [-0.3, -0.25) is 4.99 Å². The predicted octanol–water partition coefficient (Wildman–Crippen LogP) is 4.07. The van der Waals surface area contributed by atoms with Crippen molar-refractivity contribution in [2.24, 2.45) is 4.99 Å². The molecule has 1 aromatic heterocycles. The molecule has 0 atom stereocenters. The third-order valence-electron chi connectivity index (χ3n) is 4.94. The Hall–Kier alpha value is -2.31. The number of piperidine rings is 1. The van der Waals surface area contributed by atoms with E-state index in [9.17, 15) is 17.6 Å². The smallest absolute Gasteiger partial charge is 0.421 e. The second kappa shape index (κ2) is 12.1. The van der Waals surface area contributed by atoms with E-state index in [1.165, 1.54) is 24.4 Å². The molecule has 32 heavy (non-hydrogen) atoms. The standard InChI is InChI=1S/C21H25F4N5O.HI/c1-26-20(28-10-13-31-19-18(21(23,24)25)6-3-9-27-19)29-16-7-11-30(12-8-16)17-5-2-4-15(22)14-17;/h2-6,9,14,16H,7-8,10-13H2,1H3,(H2,26,28,29);1H. The first-order valence-corrected chi connectivity index (χ1v) is 9.99. The summed E-state index contributed by atoms with van der Waals surface area (Å²) in [6.07, 6.45) is -1.57. The fraction of sp³-hybridized carbons (Fsp3) is 0.429. The second-order valence-corrected chi connectivity index (χ2v) is 7.09. The predicted molar refractivity (Wildman–Crippen MR) is 126 cm³/mol. The minimum absolute atomic E-state index is 0. The summed E-state index contributed by atoms with van der Waals surface area (Å²) in [6.45, 7) is 1.82. The monoisotopic (exact) mass is 567 g/mol. The summed E-state index contributed by atoms with van der Waals surface area (Å²) in [4.78, 5) is 9.96. The van der Waals surface area contributed by atoms with Crippen molar-refractivity contribution >= 4 is 35.6 Å². The van der Waals surface area contributed by atoms with Crippen LogP contribution in [0, 0.1) is 5.82 Å². The lowest BCUT2D eigenvalue weighted by molar-refractivity contribution is -0.139. The van der Waals surface area contributed by atoms with E-state index in [-0.39, 0.29) is 49.0 Å². The van der Waals surface area contributed by atoms with E-state index in [1.807, 2.05) is 6.07 Å². The molecule has 11 heteroatoms. The first-order chi connectivity index (χ1) is 14.9. The van der Waals surface area contributed by atoms with Crippen LogP contribution in [0.2, 0.25) is 0 Å². The molecule has 0 aliphatic carbocycles. The number of pyridine rings is 1. The maximum Gasteiger partial charge on any atom is 0.421 e. The van der Waals surface area contributed by atoms with Crippen LogP contribution in [0.1, 0.15) is 18.4 Å². The van der Waals surface area contributed by atoms with Crippen LogP contribution in [-0.2, 0) is 6.18 Å². The molecule has 2 aromatic rings. The summed E-state index contributed by atoms with van der Waals surface area (Å²) < 4.78 is 57.5. The lowest BCUT2D eigenvalue weighted by atomic mass is 10.0. The minimum Gasteiger partial charge on any atom is -0.475 e. The summed E-state index contributed by atoms with van der Waals surface area (Å²) in [5.74, 6) is -0.146. The van der Waals surface area contributed by atoms with Crippen LogP contribution in [0.15, 0.2) is 47.6 Å². The molecule has 1 aliphatic heterocycles. The van der Waals surface area contributed by atoms with Gasteiger partial charge >= 0.3 is 6.18 Å². The lowest BCUT2D eigenvalue weighted by Crippen LogP contribution is -2.49. The lowest BCUT2D eigenvalue weighted by Gasteiger charge is -2.34. The zero-order chi connectivity index (χ0) is 22.3. The highest BCUT2D eigenvalue weighted by Gasteiger charge is 2.35. The molecule has 176 valence electrons. The van der Waals surface area contributed by atoms with Gasteiger partial charge in [-0.25, -0.2) is 9.37 Å². The molecule has 1 fully saturated rings. The van der Waals surface area contributed by atoms with Crippen LogP contribution in [0.5, 0.6) is 5.88 Å². The maximum absolute atomic E-state index is 13.4. The van der Waals surface area contributed by atoms with Crippen molar-refractivity contribution in [3.63, 3.8) is 0 Å². The number of nitrogens with one attached hydrogen (secondary N) is 2. The number of anilines is 1. The van der Waals surface area contributed by atoms with Crippen molar-refractivity contribution in [1.82, 2.24) is 15.6 Å². The van der Waals surface area contributed by atoms with Gasteiger partial charge in [0.05, 0.1) is 6.54 Å². The van der Waals surface area contributed by atoms with E-state index < -0.39 is 17.6 Å². The Kier molecular flexibility index (Phi) is 9.79. The fourth-order valence-electron chi connectivity index (χ4n) is 3.38. The summed E-state index contributed by atoms with van der Waals surface area (Å²) in [6, 6.07) is 8.89. The number of guanidine groups is 1.